The molecule has 0 aliphatic heterocycles. The highest BCUT2D eigenvalue weighted by Crippen LogP contribution is 2.46. The Kier molecular flexibility index (Phi) is 3.30. The summed E-state index contributed by atoms with van der Waals surface area (Å²) in [4.78, 5) is 11.5. The van der Waals surface area contributed by atoms with Crippen LogP contribution in [-0.2, 0) is 10.3 Å². The first-order valence-corrected chi connectivity index (χ1v) is 5.65. The van der Waals surface area contributed by atoms with E-state index in [4.69, 9.17) is 5.73 Å². The molecule has 1 aromatic carbocycles. The predicted molar refractivity (Wildman–Crippen MR) is 59.0 cm³/mol. The molecule has 3 nitrogen and oxygen atoms in total. The molecule has 0 aromatic heterocycles. The fourth-order valence-corrected chi connectivity index (χ4v) is 1.94. The summed E-state index contributed by atoms with van der Waals surface area (Å²) in [6, 6.07) is 2.03. The summed E-state index contributed by atoms with van der Waals surface area (Å²) < 4.78 is 39.6. The van der Waals surface area contributed by atoms with Gasteiger partial charge in [0, 0.05) is 18.5 Å². The van der Waals surface area contributed by atoms with E-state index in [2.05, 4.69) is 5.32 Å². The second-order valence-electron chi connectivity index (χ2n) is 4.39. The fraction of sp³-hybridized carbons (Fsp3) is 0.417. The van der Waals surface area contributed by atoms with Gasteiger partial charge in [-0.25, -0.2) is 13.2 Å². The van der Waals surface area contributed by atoms with Gasteiger partial charge in [0.15, 0.2) is 17.5 Å². The number of nitrogens with one attached hydrogen (secondary N) is 1. The van der Waals surface area contributed by atoms with Crippen LogP contribution in [0.3, 0.4) is 0 Å². The van der Waals surface area contributed by atoms with Crippen LogP contribution in [-0.4, -0.2) is 12.5 Å². The zero-order valence-corrected chi connectivity index (χ0v) is 9.60. The standard InChI is InChI=1S/C12H13F3N2O/c13-8-2-1-7(10(14)11(8)15)12(4-5-12)17-9(18)3-6-16/h1-2H,3-6,16H2,(H,17,18). The quantitative estimate of drug-likeness (QED) is 0.805. The minimum Gasteiger partial charge on any atom is -0.346 e. The van der Waals surface area contributed by atoms with Crippen molar-refractivity contribution in [2.45, 2.75) is 24.8 Å². The third-order valence-electron chi connectivity index (χ3n) is 3.05. The van der Waals surface area contributed by atoms with Crippen LogP contribution >= 0.6 is 0 Å². The summed E-state index contributed by atoms with van der Waals surface area (Å²) >= 11 is 0. The summed E-state index contributed by atoms with van der Waals surface area (Å²) in [6.45, 7) is 0.183. The number of benzene rings is 1. The van der Waals surface area contributed by atoms with E-state index >= 15 is 0 Å². The molecule has 0 atom stereocenters. The molecule has 1 aliphatic carbocycles. The first-order valence-electron chi connectivity index (χ1n) is 5.65. The largest absolute Gasteiger partial charge is 0.346 e. The number of rotatable bonds is 4. The van der Waals surface area contributed by atoms with Gasteiger partial charge in [-0.05, 0) is 18.9 Å². The molecule has 1 fully saturated rings. The first-order chi connectivity index (χ1) is 8.50. The van der Waals surface area contributed by atoms with Crippen LogP contribution in [0.1, 0.15) is 24.8 Å². The molecule has 2 rings (SSSR count). The van der Waals surface area contributed by atoms with Gasteiger partial charge in [0.2, 0.25) is 5.91 Å². The third kappa shape index (κ3) is 2.20. The number of hydrogen-bond acceptors (Lipinski definition) is 2. The lowest BCUT2D eigenvalue weighted by atomic mass is 10.0. The van der Waals surface area contributed by atoms with Crippen molar-refractivity contribution in [3.63, 3.8) is 0 Å². The Hall–Kier alpha value is -1.56. The number of nitrogens with two attached hydrogens (primary N) is 1. The summed E-state index contributed by atoms with van der Waals surface area (Å²) in [5.74, 6) is -4.30. The van der Waals surface area contributed by atoms with Crippen LogP contribution in [0.5, 0.6) is 0 Å². The van der Waals surface area contributed by atoms with Crippen LogP contribution in [0.2, 0.25) is 0 Å². The van der Waals surface area contributed by atoms with Crippen LogP contribution < -0.4 is 11.1 Å². The van der Waals surface area contributed by atoms with Gasteiger partial charge in [0.05, 0.1) is 5.54 Å². The van der Waals surface area contributed by atoms with Crippen molar-refractivity contribution in [2.24, 2.45) is 5.73 Å². The van der Waals surface area contributed by atoms with E-state index in [1.165, 1.54) is 6.07 Å². The molecule has 1 saturated carbocycles. The van der Waals surface area contributed by atoms with Crippen molar-refractivity contribution in [1.82, 2.24) is 5.32 Å². The number of hydrogen-bond donors (Lipinski definition) is 2. The Balaban J connectivity index is 2.26. The molecular formula is C12H13F3N2O. The summed E-state index contributed by atoms with van der Waals surface area (Å²) in [5, 5.41) is 2.62. The summed E-state index contributed by atoms with van der Waals surface area (Å²) in [5.41, 5.74) is 4.33. The molecular weight excluding hydrogens is 245 g/mol. The van der Waals surface area contributed by atoms with E-state index in [0.717, 1.165) is 6.07 Å². The molecule has 0 unspecified atom stereocenters. The average Bonchev–Trinajstić information content (AvgIpc) is 3.07. The maximum Gasteiger partial charge on any atom is 0.221 e. The Morgan fingerprint density at radius 3 is 2.50 bits per heavy atom. The van der Waals surface area contributed by atoms with Gasteiger partial charge in [-0.15, -0.1) is 0 Å². The highest BCUT2D eigenvalue weighted by molar-refractivity contribution is 5.77. The Bertz CT molecular complexity index is 486. The van der Waals surface area contributed by atoms with Crippen molar-refractivity contribution < 1.29 is 18.0 Å². The molecule has 6 heteroatoms. The molecule has 1 amide bonds. The molecule has 0 radical (unpaired) electrons. The van der Waals surface area contributed by atoms with E-state index in [-0.39, 0.29) is 24.4 Å². The lowest BCUT2D eigenvalue weighted by molar-refractivity contribution is -0.121. The minimum atomic E-state index is -1.51. The fourth-order valence-electron chi connectivity index (χ4n) is 1.94. The van der Waals surface area contributed by atoms with Crippen molar-refractivity contribution in [3.8, 4) is 0 Å². The molecule has 0 spiro atoms. The monoisotopic (exact) mass is 258 g/mol. The summed E-state index contributed by atoms with van der Waals surface area (Å²) in [7, 11) is 0. The minimum absolute atomic E-state index is 0.00762. The third-order valence-corrected chi connectivity index (χ3v) is 3.05. The van der Waals surface area contributed by atoms with E-state index in [0.29, 0.717) is 12.8 Å². The lowest BCUT2D eigenvalue weighted by Gasteiger charge is -2.18. The molecule has 0 bridgehead atoms. The van der Waals surface area contributed by atoms with Gasteiger partial charge >= 0.3 is 0 Å². The number of amides is 1. The number of halogens is 3. The molecule has 1 aliphatic rings. The molecule has 1 aromatic rings. The highest BCUT2D eigenvalue weighted by Gasteiger charge is 2.48. The van der Waals surface area contributed by atoms with Gasteiger partial charge in [0.1, 0.15) is 0 Å². The van der Waals surface area contributed by atoms with Gasteiger partial charge < -0.3 is 11.1 Å². The zero-order chi connectivity index (χ0) is 13.3. The maximum atomic E-state index is 13.6. The second kappa shape index (κ2) is 4.61. The van der Waals surface area contributed by atoms with E-state index in [1.54, 1.807) is 0 Å². The van der Waals surface area contributed by atoms with Gasteiger partial charge in [-0.1, -0.05) is 6.07 Å². The van der Waals surface area contributed by atoms with E-state index in [1.807, 2.05) is 0 Å². The first kappa shape index (κ1) is 12.9. The lowest BCUT2D eigenvalue weighted by Crippen LogP contribution is -2.36. The second-order valence-corrected chi connectivity index (χ2v) is 4.39. The normalized spacial score (nSPS) is 16.4. The van der Waals surface area contributed by atoms with Crippen LogP contribution in [0.25, 0.3) is 0 Å². The van der Waals surface area contributed by atoms with Gasteiger partial charge in [-0.3, -0.25) is 4.79 Å². The summed E-state index contributed by atoms with van der Waals surface area (Å²) in [6.07, 6.45) is 1.13. The van der Waals surface area contributed by atoms with Crippen molar-refractivity contribution >= 4 is 5.91 Å². The smallest absolute Gasteiger partial charge is 0.221 e. The highest BCUT2D eigenvalue weighted by atomic mass is 19.2. The number of carbonyl (C=O) groups is 1. The zero-order valence-electron chi connectivity index (χ0n) is 9.60. The molecule has 3 N–H and O–H groups in total. The molecule has 0 heterocycles. The molecule has 0 saturated heterocycles. The van der Waals surface area contributed by atoms with Crippen molar-refractivity contribution in [2.75, 3.05) is 6.54 Å². The SMILES string of the molecule is NCCC(=O)NC1(c2ccc(F)c(F)c2F)CC1. The van der Waals surface area contributed by atoms with E-state index < -0.39 is 23.0 Å². The maximum absolute atomic E-state index is 13.6. The molecule has 18 heavy (non-hydrogen) atoms. The topological polar surface area (TPSA) is 55.1 Å². The van der Waals surface area contributed by atoms with Crippen LogP contribution in [0.4, 0.5) is 13.2 Å². The van der Waals surface area contributed by atoms with Crippen LogP contribution in [0, 0.1) is 17.5 Å². The van der Waals surface area contributed by atoms with Gasteiger partial charge in [-0.2, -0.15) is 0 Å². The van der Waals surface area contributed by atoms with Crippen LogP contribution in [0.15, 0.2) is 12.1 Å². The Morgan fingerprint density at radius 2 is 1.94 bits per heavy atom. The van der Waals surface area contributed by atoms with Crippen molar-refractivity contribution in [3.05, 3.63) is 35.1 Å². The predicted octanol–water partition coefficient (Wildman–Crippen LogP) is 1.56. The average molecular weight is 258 g/mol. The van der Waals surface area contributed by atoms with Crippen molar-refractivity contribution in [1.29, 1.82) is 0 Å². The number of carbonyl (C=O) groups excluding carboxylic acids is 1. The van der Waals surface area contributed by atoms with E-state index in [9.17, 15) is 18.0 Å². The Morgan fingerprint density at radius 1 is 1.28 bits per heavy atom. The molecule has 98 valence electrons. The Labute approximate surface area is 102 Å². The van der Waals surface area contributed by atoms with Gasteiger partial charge in [0.25, 0.3) is 0 Å².